The molecule has 1 unspecified atom stereocenters. The van der Waals surface area contributed by atoms with E-state index in [1.807, 2.05) is 0 Å². The highest BCUT2D eigenvalue weighted by Crippen LogP contribution is 2.27. The molecule has 0 saturated carbocycles. The molecule has 1 radical (unpaired) electrons. The van der Waals surface area contributed by atoms with E-state index in [1.54, 1.807) is 12.1 Å². The normalized spacial score (nSPS) is 17.8. The molecule has 1 aromatic rings. The van der Waals surface area contributed by atoms with Crippen molar-refractivity contribution in [2.24, 2.45) is 0 Å². The summed E-state index contributed by atoms with van der Waals surface area (Å²) in [5.74, 6) is 0.899. The number of likely N-dealkylation sites (tertiary alicyclic amines) is 1. The van der Waals surface area contributed by atoms with Crippen LogP contribution in [0.5, 0.6) is 5.75 Å². The van der Waals surface area contributed by atoms with Gasteiger partial charge in [-0.25, -0.2) is 0 Å². The van der Waals surface area contributed by atoms with Crippen LogP contribution >= 0.6 is 0 Å². The van der Waals surface area contributed by atoms with Gasteiger partial charge in [0.15, 0.2) is 0 Å². The number of hydrogen-bond acceptors (Lipinski definition) is 2. The number of nitrogens with zero attached hydrogens (tertiary/aromatic N) is 1. The summed E-state index contributed by atoms with van der Waals surface area (Å²) < 4.78 is 0. The van der Waals surface area contributed by atoms with E-state index in [0.717, 1.165) is 0 Å². The van der Waals surface area contributed by atoms with Crippen LogP contribution in [0, 0.1) is 6.42 Å². The fraction of sp³-hybridized carbons (Fsp3) is 0.632. The van der Waals surface area contributed by atoms with Gasteiger partial charge in [-0.2, -0.15) is 0 Å². The Morgan fingerprint density at radius 2 is 1.86 bits per heavy atom. The summed E-state index contributed by atoms with van der Waals surface area (Å²) in [5.41, 5.74) is 1.34. The standard InChI is InChI=1S/C19H30NO/c1-2-8-17(18-10-12-19(21)13-11-18)9-4-7-16-20-14-5-3-6-15-20/h9-13,17,21H,2-8,14-16H2,1H3. The Labute approximate surface area is 130 Å². The Morgan fingerprint density at radius 3 is 2.52 bits per heavy atom. The molecule has 0 bridgehead atoms. The van der Waals surface area contributed by atoms with Gasteiger partial charge in [-0.3, -0.25) is 0 Å². The number of hydrogen-bond donors (Lipinski definition) is 1. The maximum absolute atomic E-state index is 9.41. The Hall–Kier alpha value is -1.02. The number of unbranched alkanes of at least 4 members (excludes halogenated alkanes) is 1. The van der Waals surface area contributed by atoms with Gasteiger partial charge in [0, 0.05) is 0 Å². The first-order valence-corrected chi connectivity index (χ1v) is 8.64. The summed E-state index contributed by atoms with van der Waals surface area (Å²) >= 11 is 0. The summed E-state index contributed by atoms with van der Waals surface area (Å²) in [4.78, 5) is 2.62. The fourth-order valence-electron chi connectivity index (χ4n) is 3.27. The van der Waals surface area contributed by atoms with E-state index in [2.05, 4.69) is 30.4 Å². The Balaban J connectivity index is 1.73. The monoisotopic (exact) mass is 288 g/mol. The van der Waals surface area contributed by atoms with Crippen LogP contribution in [-0.4, -0.2) is 29.6 Å². The van der Waals surface area contributed by atoms with Crippen molar-refractivity contribution < 1.29 is 5.11 Å². The predicted octanol–water partition coefficient (Wildman–Crippen LogP) is 4.75. The molecular weight excluding hydrogens is 258 g/mol. The number of aromatic hydroxyl groups is 1. The summed E-state index contributed by atoms with van der Waals surface area (Å²) in [7, 11) is 0. The van der Waals surface area contributed by atoms with Crippen LogP contribution < -0.4 is 0 Å². The van der Waals surface area contributed by atoms with Crippen molar-refractivity contribution in [1.82, 2.24) is 4.90 Å². The molecule has 2 rings (SSSR count). The smallest absolute Gasteiger partial charge is 0.115 e. The zero-order chi connectivity index (χ0) is 14.9. The second-order valence-electron chi connectivity index (χ2n) is 6.27. The maximum atomic E-state index is 9.41. The molecule has 1 N–H and O–H groups in total. The van der Waals surface area contributed by atoms with Gasteiger partial charge in [-0.05, 0) is 81.8 Å². The van der Waals surface area contributed by atoms with Crippen molar-refractivity contribution in [1.29, 1.82) is 0 Å². The molecule has 1 aliphatic rings. The molecule has 0 aliphatic carbocycles. The molecule has 1 fully saturated rings. The molecule has 21 heavy (non-hydrogen) atoms. The lowest BCUT2D eigenvalue weighted by Crippen LogP contribution is -2.30. The van der Waals surface area contributed by atoms with Crippen molar-refractivity contribution in [2.75, 3.05) is 19.6 Å². The van der Waals surface area contributed by atoms with Gasteiger partial charge in [0.1, 0.15) is 5.75 Å². The van der Waals surface area contributed by atoms with Crippen molar-refractivity contribution in [3.8, 4) is 5.75 Å². The molecule has 0 spiro atoms. The fourth-order valence-corrected chi connectivity index (χ4v) is 3.27. The Bertz CT molecular complexity index is 381. The Morgan fingerprint density at radius 1 is 1.14 bits per heavy atom. The van der Waals surface area contributed by atoms with Gasteiger partial charge >= 0.3 is 0 Å². The largest absolute Gasteiger partial charge is 0.508 e. The van der Waals surface area contributed by atoms with Gasteiger partial charge in [0.2, 0.25) is 0 Å². The molecule has 1 aromatic carbocycles. The van der Waals surface area contributed by atoms with Crippen molar-refractivity contribution >= 4 is 0 Å². The predicted molar refractivity (Wildman–Crippen MR) is 89.6 cm³/mol. The van der Waals surface area contributed by atoms with Gasteiger partial charge in [-0.15, -0.1) is 0 Å². The number of phenolic OH excluding ortho intramolecular Hbond substituents is 1. The number of benzene rings is 1. The van der Waals surface area contributed by atoms with E-state index >= 15 is 0 Å². The van der Waals surface area contributed by atoms with E-state index in [9.17, 15) is 5.11 Å². The lowest BCUT2D eigenvalue weighted by Gasteiger charge is -2.26. The van der Waals surface area contributed by atoms with E-state index in [0.29, 0.717) is 11.7 Å². The zero-order valence-corrected chi connectivity index (χ0v) is 13.4. The highest BCUT2D eigenvalue weighted by molar-refractivity contribution is 5.29. The van der Waals surface area contributed by atoms with E-state index in [-0.39, 0.29) is 0 Å². The first-order valence-electron chi connectivity index (χ1n) is 8.64. The van der Waals surface area contributed by atoms with Crippen LogP contribution in [0.25, 0.3) is 0 Å². The summed E-state index contributed by atoms with van der Waals surface area (Å²) in [6.07, 6.45) is 11.6. The SMILES string of the molecule is CCCC([CH]CCCN1CCCCC1)c1ccc(O)cc1. The van der Waals surface area contributed by atoms with E-state index < -0.39 is 0 Å². The van der Waals surface area contributed by atoms with Crippen LogP contribution in [0.15, 0.2) is 24.3 Å². The van der Waals surface area contributed by atoms with Gasteiger partial charge < -0.3 is 10.0 Å². The van der Waals surface area contributed by atoms with Gasteiger partial charge in [0.05, 0.1) is 0 Å². The Kier molecular flexibility index (Phi) is 7.08. The molecule has 1 saturated heterocycles. The third kappa shape index (κ3) is 5.70. The maximum Gasteiger partial charge on any atom is 0.115 e. The van der Waals surface area contributed by atoms with Crippen LogP contribution in [0.1, 0.15) is 63.4 Å². The quantitative estimate of drug-likeness (QED) is 0.698. The summed E-state index contributed by atoms with van der Waals surface area (Å²) in [6, 6.07) is 7.74. The van der Waals surface area contributed by atoms with Gasteiger partial charge in [-0.1, -0.05) is 31.9 Å². The molecule has 0 aromatic heterocycles. The molecular formula is C19H30NO. The summed E-state index contributed by atoms with van der Waals surface area (Å²) in [5, 5.41) is 9.41. The number of rotatable bonds is 8. The molecule has 1 aliphatic heterocycles. The average molecular weight is 288 g/mol. The van der Waals surface area contributed by atoms with Crippen LogP contribution in [-0.2, 0) is 0 Å². The van der Waals surface area contributed by atoms with Crippen LogP contribution in [0.2, 0.25) is 0 Å². The van der Waals surface area contributed by atoms with Crippen LogP contribution in [0.4, 0.5) is 0 Å². The van der Waals surface area contributed by atoms with Crippen LogP contribution in [0.3, 0.4) is 0 Å². The highest BCUT2D eigenvalue weighted by atomic mass is 16.3. The topological polar surface area (TPSA) is 23.5 Å². The van der Waals surface area contributed by atoms with Crippen molar-refractivity contribution in [2.45, 2.75) is 57.8 Å². The first-order chi connectivity index (χ1) is 10.3. The van der Waals surface area contributed by atoms with Crippen molar-refractivity contribution in [3.05, 3.63) is 36.2 Å². The minimum Gasteiger partial charge on any atom is -0.508 e. The molecule has 117 valence electrons. The highest BCUT2D eigenvalue weighted by Gasteiger charge is 2.12. The molecule has 0 amide bonds. The number of phenols is 1. The summed E-state index contributed by atoms with van der Waals surface area (Å²) in [6.45, 7) is 6.10. The molecule has 1 atom stereocenters. The first kappa shape index (κ1) is 16.4. The molecule has 2 nitrogen and oxygen atoms in total. The average Bonchev–Trinajstić information content (AvgIpc) is 2.52. The number of piperidine rings is 1. The lowest BCUT2D eigenvalue weighted by molar-refractivity contribution is 0.226. The second kappa shape index (κ2) is 9.09. The lowest BCUT2D eigenvalue weighted by atomic mass is 9.89. The zero-order valence-electron chi connectivity index (χ0n) is 13.4. The third-order valence-electron chi connectivity index (χ3n) is 4.50. The third-order valence-corrected chi connectivity index (χ3v) is 4.50. The van der Waals surface area contributed by atoms with E-state index in [1.165, 1.54) is 70.1 Å². The minimum atomic E-state index is 0.360. The molecule has 2 heteroatoms. The minimum absolute atomic E-state index is 0.360. The second-order valence-corrected chi connectivity index (χ2v) is 6.27. The molecule has 1 heterocycles. The van der Waals surface area contributed by atoms with Crippen molar-refractivity contribution in [3.63, 3.8) is 0 Å². The van der Waals surface area contributed by atoms with Gasteiger partial charge in [0.25, 0.3) is 0 Å². The van der Waals surface area contributed by atoms with E-state index in [4.69, 9.17) is 0 Å².